The van der Waals surface area contributed by atoms with Gasteiger partial charge in [-0.15, -0.1) is 0 Å². The highest BCUT2D eigenvalue weighted by molar-refractivity contribution is 7.88. The van der Waals surface area contributed by atoms with Gasteiger partial charge in [-0.25, -0.2) is 13.1 Å². The molecule has 1 unspecified atom stereocenters. The molecule has 3 rings (SSSR count). The maximum absolute atomic E-state index is 11.1. The number of nitrogens with one attached hydrogen (secondary N) is 3. The summed E-state index contributed by atoms with van der Waals surface area (Å²) in [4.78, 5) is 4.33. The van der Waals surface area contributed by atoms with Crippen LogP contribution in [-0.4, -0.2) is 46.4 Å². The van der Waals surface area contributed by atoms with E-state index in [0.29, 0.717) is 19.5 Å². The van der Waals surface area contributed by atoms with E-state index in [1.54, 1.807) is 7.05 Å². The fourth-order valence-corrected chi connectivity index (χ4v) is 4.50. The second-order valence-corrected chi connectivity index (χ2v) is 9.28. The normalized spacial score (nSPS) is 21.6. The lowest BCUT2D eigenvalue weighted by molar-refractivity contribution is 0.0396. The van der Waals surface area contributed by atoms with Gasteiger partial charge in [0.05, 0.1) is 12.3 Å². The quantitative estimate of drug-likeness (QED) is 0.390. The number of sulfonamides is 1. The van der Waals surface area contributed by atoms with Gasteiger partial charge in [-0.3, -0.25) is 4.99 Å². The van der Waals surface area contributed by atoms with Crippen molar-refractivity contribution in [1.29, 1.82) is 0 Å². The highest BCUT2D eigenvalue weighted by Crippen LogP contribution is 2.46. The molecular formula is C19H30N4O3S. The van der Waals surface area contributed by atoms with Gasteiger partial charge in [0.25, 0.3) is 0 Å². The zero-order chi connectivity index (χ0) is 19.3. The third kappa shape index (κ3) is 5.35. The van der Waals surface area contributed by atoms with Crippen LogP contribution in [0.25, 0.3) is 0 Å². The summed E-state index contributed by atoms with van der Waals surface area (Å²) in [5.74, 6) is 1.69. The lowest BCUT2D eigenvalue weighted by Crippen LogP contribution is -2.47. The molecule has 1 aliphatic carbocycles. The van der Waals surface area contributed by atoms with Crippen molar-refractivity contribution in [2.24, 2.45) is 4.99 Å². The molecule has 1 aromatic carbocycles. The minimum atomic E-state index is -3.14. The van der Waals surface area contributed by atoms with Crippen LogP contribution >= 0.6 is 0 Å². The van der Waals surface area contributed by atoms with Crippen LogP contribution < -0.4 is 20.1 Å². The van der Waals surface area contributed by atoms with Crippen molar-refractivity contribution in [1.82, 2.24) is 15.4 Å². The van der Waals surface area contributed by atoms with Gasteiger partial charge in [-0.1, -0.05) is 18.2 Å². The summed E-state index contributed by atoms with van der Waals surface area (Å²) in [6.07, 6.45) is 7.42. The zero-order valence-electron chi connectivity index (χ0n) is 16.1. The van der Waals surface area contributed by atoms with Crippen molar-refractivity contribution in [3.05, 3.63) is 29.8 Å². The molecule has 1 aliphatic heterocycles. The summed E-state index contributed by atoms with van der Waals surface area (Å²) in [5.41, 5.74) is 1.10. The average molecular weight is 395 g/mol. The monoisotopic (exact) mass is 394 g/mol. The first-order chi connectivity index (χ1) is 12.9. The summed E-state index contributed by atoms with van der Waals surface area (Å²) in [6.45, 7) is 1.05. The van der Waals surface area contributed by atoms with Crippen LogP contribution in [0.2, 0.25) is 0 Å². The largest absolute Gasteiger partial charge is 0.487 e. The van der Waals surface area contributed by atoms with Crippen LogP contribution in [0.4, 0.5) is 0 Å². The van der Waals surface area contributed by atoms with E-state index < -0.39 is 10.0 Å². The maximum Gasteiger partial charge on any atom is 0.208 e. The molecule has 0 radical (unpaired) electrons. The summed E-state index contributed by atoms with van der Waals surface area (Å²) in [5, 5.41) is 6.82. The second kappa shape index (κ2) is 8.48. The molecule has 150 valence electrons. The van der Waals surface area contributed by atoms with Crippen molar-refractivity contribution < 1.29 is 13.2 Å². The number of hydrogen-bond donors (Lipinski definition) is 3. The molecule has 1 spiro atoms. The van der Waals surface area contributed by atoms with Crippen molar-refractivity contribution in [3.8, 4) is 5.75 Å². The Labute approximate surface area is 162 Å². The summed E-state index contributed by atoms with van der Waals surface area (Å²) in [6, 6.07) is 8.37. The first-order valence-electron chi connectivity index (χ1n) is 9.61. The molecule has 2 aliphatic rings. The van der Waals surface area contributed by atoms with Gasteiger partial charge in [0.2, 0.25) is 10.0 Å². The zero-order valence-corrected chi connectivity index (χ0v) is 16.9. The molecule has 8 heteroatoms. The van der Waals surface area contributed by atoms with Crippen molar-refractivity contribution >= 4 is 16.0 Å². The Morgan fingerprint density at radius 1 is 1.26 bits per heavy atom. The fourth-order valence-electron chi connectivity index (χ4n) is 3.98. The standard InChI is InChI=1S/C19H30N4O3S/c1-20-18(21-12-7-13-22-27(2,24)25)23-16-14-19(10-5-6-11-19)26-17-9-4-3-8-15(16)17/h3-4,8-9,16,22H,5-7,10-14H2,1-2H3,(H2,20,21,23). The number of rotatable bonds is 6. The Morgan fingerprint density at radius 3 is 2.70 bits per heavy atom. The molecule has 1 saturated carbocycles. The van der Waals surface area contributed by atoms with Gasteiger partial charge in [0.15, 0.2) is 5.96 Å². The van der Waals surface area contributed by atoms with Crippen LogP contribution in [0.5, 0.6) is 5.75 Å². The van der Waals surface area contributed by atoms with E-state index in [4.69, 9.17) is 4.74 Å². The Kier molecular flexibility index (Phi) is 6.26. The summed E-state index contributed by atoms with van der Waals surface area (Å²) in [7, 11) is -1.39. The Bertz CT molecular complexity index is 773. The van der Waals surface area contributed by atoms with Gasteiger partial charge in [-0.2, -0.15) is 0 Å². The molecule has 1 heterocycles. The lowest BCUT2D eigenvalue weighted by atomic mass is 9.86. The smallest absolute Gasteiger partial charge is 0.208 e. The van der Waals surface area contributed by atoms with Gasteiger partial charge < -0.3 is 15.4 Å². The van der Waals surface area contributed by atoms with Crippen LogP contribution in [0.15, 0.2) is 29.3 Å². The van der Waals surface area contributed by atoms with Crippen molar-refractivity contribution in [2.75, 3.05) is 26.4 Å². The molecular weight excluding hydrogens is 364 g/mol. The van der Waals surface area contributed by atoms with E-state index in [1.807, 2.05) is 12.1 Å². The van der Waals surface area contributed by atoms with E-state index in [0.717, 1.165) is 36.5 Å². The minimum Gasteiger partial charge on any atom is -0.487 e. The average Bonchev–Trinajstić information content (AvgIpc) is 3.06. The molecule has 0 saturated heterocycles. The Balaban J connectivity index is 1.60. The van der Waals surface area contributed by atoms with Crippen LogP contribution in [0.3, 0.4) is 0 Å². The molecule has 0 amide bonds. The van der Waals surface area contributed by atoms with Gasteiger partial charge in [-0.05, 0) is 38.2 Å². The minimum absolute atomic E-state index is 0.0652. The van der Waals surface area contributed by atoms with E-state index in [-0.39, 0.29) is 11.6 Å². The van der Waals surface area contributed by atoms with Crippen LogP contribution in [-0.2, 0) is 10.0 Å². The molecule has 7 nitrogen and oxygen atoms in total. The highest BCUT2D eigenvalue weighted by atomic mass is 32.2. The second-order valence-electron chi connectivity index (χ2n) is 7.45. The van der Waals surface area contributed by atoms with Gasteiger partial charge in [0, 0.05) is 32.1 Å². The number of fused-ring (bicyclic) bond motifs is 1. The Hall–Kier alpha value is -1.80. The number of guanidine groups is 1. The molecule has 0 bridgehead atoms. The number of para-hydroxylation sites is 1. The molecule has 1 fully saturated rings. The van der Waals surface area contributed by atoms with Crippen LogP contribution in [0.1, 0.15) is 50.1 Å². The number of benzene rings is 1. The molecule has 1 atom stereocenters. The molecule has 0 aromatic heterocycles. The highest BCUT2D eigenvalue weighted by Gasteiger charge is 2.43. The van der Waals surface area contributed by atoms with E-state index >= 15 is 0 Å². The van der Waals surface area contributed by atoms with Crippen molar-refractivity contribution in [3.63, 3.8) is 0 Å². The number of nitrogens with zero attached hydrogens (tertiary/aromatic N) is 1. The Morgan fingerprint density at radius 2 is 2.00 bits per heavy atom. The third-order valence-electron chi connectivity index (χ3n) is 5.26. The first-order valence-corrected chi connectivity index (χ1v) is 11.5. The van der Waals surface area contributed by atoms with Gasteiger partial charge in [0.1, 0.15) is 11.4 Å². The fraction of sp³-hybridized carbons (Fsp3) is 0.632. The number of aliphatic imine (C=N–C) groups is 1. The lowest BCUT2D eigenvalue weighted by Gasteiger charge is -2.40. The van der Waals surface area contributed by atoms with Crippen molar-refractivity contribution in [2.45, 2.75) is 50.2 Å². The topological polar surface area (TPSA) is 91.8 Å². The molecule has 3 N–H and O–H groups in total. The van der Waals surface area contributed by atoms with E-state index in [1.165, 1.54) is 19.1 Å². The molecule has 1 aromatic rings. The van der Waals surface area contributed by atoms with E-state index in [2.05, 4.69) is 32.5 Å². The predicted octanol–water partition coefficient (Wildman–Crippen LogP) is 1.93. The van der Waals surface area contributed by atoms with Crippen LogP contribution in [0, 0.1) is 0 Å². The van der Waals surface area contributed by atoms with E-state index in [9.17, 15) is 8.42 Å². The number of ether oxygens (including phenoxy) is 1. The first kappa shape index (κ1) is 19.9. The molecule has 27 heavy (non-hydrogen) atoms. The SMILES string of the molecule is CN=C(NCCCNS(C)(=O)=O)NC1CC2(CCCC2)Oc2ccccc21. The number of hydrogen-bond acceptors (Lipinski definition) is 4. The summed E-state index contributed by atoms with van der Waals surface area (Å²) >= 11 is 0. The van der Waals surface area contributed by atoms with Gasteiger partial charge >= 0.3 is 0 Å². The maximum atomic E-state index is 11.1. The summed E-state index contributed by atoms with van der Waals surface area (Å²) < 4.78 is 31.1. The third-order valence-corrected chi connectivity index (χ3v) is 5.99. The predicted molar refractivity (Wildman–Crippen MR) is 108 cm³/mol.